The Hall–Kier alpha value is -2.14. The van der Waals surface area contributed by atoms with Gasteiger partial charge in [-0.05, 0) is 45.0 Å². The molecular formula is C16H16N2O2S. The summed E-state index contributed by atoms with van der Waals surface area (Å²) >= 11 is 1.60. The molecule has 0 atom stereocenters. The maximum atomic E-state index is 11.5. The fourth-order valence-electron chi connectivity index (χ4n) is 2.37. The molecule has 3 aromatic rings. The highest BCUT2D eigenvalue weighted by molar-refractivity contribution is 7.17. The van der Waals surface area contributed by atoms with Crippen molar-refractivity contribution in [3.05, 3.63) is 40.5 Å². The van der Waals surface area contributed by atoms with Gasteiger partial charge in [-0.25, -0.2) is 4.98 Å². The number of fused-ring (bicyclic) bond motifs is 1. The number of rotatable bonds is 4. The van der Waals surface area contributed by atoms with Crippen LogP contribution in [0.15, 0.2) is 24.3 Å². The largest absolute Gasteiger partial charge is 0.494 e. The van der Waals surface area contributed by atoms with E-state index in [1.165, 1.54) is 4.88 Å². The molecule has 21 heavy (non-hydrogen) atoms. The molecule has 0 saturated heterocycles. The maximum absolute atomic E-state index is 11.5. The van der Waals surface area contributed by atoms with Crippen LogP contribution >= 0.6 is 11.3 Å². The van der Waals surface area contributed by atoms with Crippen LogP contribution in [0.1, 0.15) is 28.0 Å². The number of ether oxygens (including phenoxy) is 1. The fourth-order valence-corrected chi connectivity index (χ4v) is 3.35. The number of carbonyl (C=O) groups is 1. The summed E-state index contributed by atoms with van der Waals surface area (Å²) in [6.45, 7) is 6.64. The van der Waals surface area contributed by atoms with Crippen molar-refractivity contribution in [2.45, 2.75) is 20.8 Å². The molecule has 2 aromatic heterocycles. The molecule has 0 saturated carbocycles. The Balaban J connectivity index is 2.13. The highest BCUT2D eigenvalue weighted by Crippen LogP contribution is 2.30. The van der Waals surface area contributed by atoms with Crippen LogP contribution in [0, 0.1) is 13.8 Å². The predicted octanol–water partition coefficient (Wildman–Crippen LogP) is 3.89. The van der Waals surface area contributed by atoms with Gasteiger partial charge in [0.25, 0.3) is 0 Å². The predicted molar refractivity (Wildman–Crippen MR) is 84.5 cm³/mol. The van der Waals surface area contributed by atoms with Crippen molar-refractivity contribution >= 4 is 22.6 Å². The van der Waals surface area contributed by atoms with Crippen molar-refractivity contribution < 1.29 is 9.53 Å². The van der Waals surface area contributed by atoms with Crippen LogP contribution in [0.2, 0.25) is 0 Å². The molecule has 0 radical (unpaired) electrons. The van der Waals surface area contributed by atoms with Crippen LogP contribution in [-0.2, 0) is 0 Å². The second kappa shape index (κ2) is 5.33. The summed E-state index contributed by atoms with van der Waals surface area (Å²) in [5.74, 6) is 0.821. The Morgan fingerprint density at radius 1 is 1.29 bits per heavy atom. The second-order valence-electron chi connectivity index (χ2n) is 4.78. The van der Waals surface area contributed by atoms with Crippen LogP contribution in [0.25, 0.3) is 16.2 Å². The summed E-state index contributed by atoms with van der Waals surface area (Å²) in [7, 11) is 0. The van der Waals surface area contributed by atoms with E-state index in [0.717, 1.165) is 33.9 Å². The van der Waals surface area contributed by atoms with E-state index in [2.05, 4.69) is 4.98 Å². The Bertz CT molecular complexity index is 800. The van der Waals surface area contributed by atoms with Crippen LogP contribution in [0.3, 0.4) is 0 Å². The number of hydrogen-bond donors (Lipinski definition) is 0. The molecule has 0 N–H and O–H groups in total. The highest BCUT2D eigenvalue weighted by atomic mass is 32.1. The van der Waals surface area contributed by atoms with E-state index in [4.69, 9.17) is 4.74 Å². The Morgan fingerprint density at radius 3 is 2.62 bits per heavy atom. The van der Waals surface area contributed by atoms with Crippen molar-refractivity contribution in [3.8, 4) is 17.0 Å². The van der Waals surface area contributed by atoms with E-state index in [0.29, 0.717) is 12.3 Å². The third-order valence-electron chi connectivity index (χ3n) is 3.52. The molecule has 0 bridgehead atoms. The van der Waals surface area contributed by atoms with Gasteiger partial charge in [0.05, 0.1) is 6.61 Å². The molecule has 0 spiro atoms. The number of imidazole rings is 1. The summed E-state index contributed by atoms with van der Waals surface area (Å²) in [4.78, 5) is 18.2. The van der Waals surface area contributed by atoms with Gasteiger partial charge in [0.1, 0.15) is 17.1 Å². The van der Waals surface area contributed by atoms with Gasteiger partial charge in [-0.15, -0.1) is 11.3 Å². The average Bonchev–Trinajstić information content (AvgIpc) is 2.97. The smallest absolute Gasteiger partial charge is 0.195 e. The normalized spacial score (nSPS) is 11.0. The van der Waals surface area contributed by atoms with Crippen molar-refractivity contribution in [2.75, 3.05) is 6.61 Å². The lowest BCUT2D eigenvalue weighted by Gasteiger charge is -2.04. The summed E-state index contributed by atoms with van der Waals surface area (Å²) in [5.41, 5.74) is 3.33. The van der Waals surface area contributed by atoms with Gasteiger partial charge < -0.3 is 4.74 Å². The third-order valence-corrected chi connectivity index (χ3v) is 4.58. The van der Waals surface area contributed by atoms with Gasteiger partial charge >= 0.3 is 0 Å². The first kappa shape index (κ1) is 13.8. The zero-order chi connectivity index (χ0) is 15.0. The molecule has 4 nitrogen and oxygen atoms in total. The summed E-state index contributed by atoms with van der Waals surface area (Å²) in [5, 5.41) is 0. The number of thiazole rings is 1. The fraction of sp³-hybridized carbons (Fsp3) is 0.250. The molecule has 0 aliphatic carbocycles. The quantitative estimate of drug-likeness (QED) is 0.687. The van der Waals surface area contributed by atoms with Crippen LogP contribution in [0.4, 0.5) is 0 Å². The number of aromatic nitrogens is 2. The molecular weight excluding hydrogens is 284 g/mol. The zero-order valence-corrected chi connectivity index (χ0v) is 13.0. The Kier molecular flexibility index (Phi) is 3.51. The lowest BCUT2D eigenvalue weighted by molar-refractivity contribution is 0.111. The van der Waals surface area contributed by atoms with Gasteiger partial charge in [0.2, 0.25) is 0 Å². The summed E-state index contributed by atoms with van der Waals surface area (Å²) in [6, 6.07) is 7.68. The Morgan fingerprint density at radius 2 is 2.00 bits per heavy atom. The molecule has 1 aromatic carbocycles. The van der Waals surface area contributed by atoms with E-state index < -0.39 is 0 Å². The summed E-state index contributed by atoms with van der Waals surface area (Å²) in [6.07, 6.45) is 0.880. The minimum absolute atomic E-state index is 0.607. The molecule has 108 valence electrons. The van der Waals surface area contributed by atoms with Gasteiger partial charge in [0, 0.05) is 16.1 Å². The molecule has 0 aliphatic heterocycles. The number of hydrogen-bond acceptors (Lipinski definition) is 4. The lowest BCUT2D eigenvalue weighted by Crippen LogP contribution is -1.95. The molecule has 3 rings (SSSR count). The molecule has 0 aliphatic rings. The maximum Gasteiger partial charge on any atom is 0.195 e. The summed E-state index contributed by atoms with van der Waals surface area (Å²) < 4.78 is 7.37. The topological polar surface area (TPSA) is 43.6 Å². The van der Waals surface area contributed by atoms with Crippen LogP contribution in [0.5, 0.6) is 5.75 Å². The number of benzene rings is 1. The van der Waals surface area contributed by atoms with Crippen molar-refractivity contribution in [3.63, 3.8) is 0 Å². The molecule has 5 heteroatoms. The number of aldehydes is 1. The molecule has 0 unspecified atom stereocenters. The number of aryl methyl sites for hydroxylation is 2. The Labute approximate surface area is 127 Å². The second-order valence-corrected chi connectivity index (χ2v) is 5.96. The highest BCUT2D eigenvalue weighted by Gasteiger charge is 2.17. The van der Waals surface area contributed by atoms with Gasteiger partial charge in [-0.2, -0.15) is 0 Å². The first-order valence-corrected chi connectivity index (χ1v) is 7.64. The first-order chi connectivity index (χ1) is 10.2. The molecule has 0 amide bonds. The van der Waals surface area contributed by atoms with Crippen molar-refractivity contribution in [1.29, 1.82) is 0 Å². The number of carbonyl (C=O) groups excluding carboxylic acids is 1. The first-order valence-electron chi connectivity index (χ1n) is 6.82. The van der Waals surface area contributed by atoms with Gasteiger partial charge in [-0.3, -0.25) is 9.20 Å². The minimum atomic E-state index is 0.607. The van der Waals surface area contributed by atoms with E-state index in [1.54, 1.807) is 11.3 Å². The molecule has 2 heterocycles. The van der Waals surface area contributed by atoms with Crippen molar-refractivity contribution in [1.82, 2.24) is 9.38 Å². The van der Waals surface area contributed by atoms with E-state index in [9.17, 15) is 4.79 Å². The van der Waals surface area contributed by atoms with E-state index in [1.807, 2.05) is 49.4 Å². The standard InChI is InChI=1S/C16H16N2O2S/c1-4-20-13-7-5-12(6-8-13)15-14(9-19)18-10(2)11(3)21-16(18)17-15/h5-9H,4H2,1-3H3. The SMILES string of the molecule is CCOc1ccc(-c2nc3sc(C)c(C)n3c2C=O)cc1. The lowest BCUT2D eigenvalue weighted by atomic mass is 10.1. The van der Waals surface area contributed by atoms with E-state index in [-0.39, 0.29) is 0 Å². The third kappa shape index (κ3) is 2.23. The molecule has 0 fully saturated rings. The van der Waals surface area contributed by atoms with Crippen LogP contribution < -0.4 is 4.74 Å². The van der Waals surface area contributed by atoms with Gasteiger partial charge in [-0.1, -0.05) is 0 Å². The number of nitrogens with zero attached hydrogens (tertiary/aromatic N) is 2. The average molecular weight is 300 g/mol. The van der Waals surface area contributed by atoms with E-state index >= 15 is 0 Å². The van der Waals surface area contributed by atoms with Crippen LogP contribution in [-0.4, -0.2) is 22.3 Å². The monoisotopic (exact) mass is 300 g/mol. The minimum Gasteiger partial charge on any atom is -0.494 e. The van der Waals surface area contributed by atoms with Crippen molar-refractivity contribution in [2.24, 2.45) is 0 Å². The van der Waals surface area contributed by atoms with Gasteiger partial charge in [0.15, 0.2) is 11.2 Å². The zero-order valence-electron chi connectivity index (χ0n) is 12.2.